The Balaban J connectivity index is 3.54. The molecule has 2 atom stereocenters. The van der Waals surface area contributed by atoms with Gasteiger partial charge < -0.3 is 14.9 Å². The van der Waals surface area contributed by atoms with Crippen LogP contribution in [0.5, 0.6) is 0 Å². The second kappa shape index (κ2) is 5.24. The number of methoxy groups -OCH3 is 1. The fourth-order valence-electron chi connectivity index (χ4n) is 0.554. The zero-order chi connectivity index (χ0) is 7.98. The fourth-order valence-corrected chi connectivity index (χ4v) is 0.554. The average molecular weight is 144 g/mol. The standard InChI is InChI=1S/C7H12O3/c1-3-7(10-2)4-6(9)5-8/h1,6-9H,4-5H2,2H3/t6-,7?/m0/s1. The number of aliphatic hydroxyl groups is 2. The topological polar surface area (TPSA) is 49.7 Å². The Hall–Kier alpha value is -0.560. The largest absolute Gasteiger partial charge is 0.394 e. The lowest BCUT2D eigenvalue weighted by atomic mass is 10.2. The molecule has 0 aromatic carbocycles. The van der Waals surface area contributed by atoms with Crippen molar-refractivity contribution in [2.24, 2.45) is 0 Å². The Labute approximate surface area is 60.6 Å². The van der Waals surface area contributed by atoms with Crippen LogP contribution >= 0.6 is 0 Å². The van der Waals surface area contributed by atoms with Crippen molar-refractivity contribution in [3.63, 3.8) is 0 Å². The van der Waals surface area contributed by atoms with E-state index in [1.165, 1.54) is 7.11 Å². The van der Waals surface area contributed by atoms with E-state index in [1.807, 2.05) is 0 Å². The molecule has 0 aromatic rings. The van der Waals surface area contributed by atoms with Gasteiger partial charge in [-0.1, -0.05) is 5.92 Å². The summed E-state index contributed by atoms with van der Waals surface area (Å²) >= 11 is 0. The Morgan fingerprint density at radius 3 is 2.60 bits per heavy atom. The number of rotatable bonds is 4. The van der Waals surface area contributed by atoms with E-state index in [-0.39, 0.29) is 13.0 Å². The molecule has 58 valence electrons. The zero-order valence-electron chi connectivity index (χ0n) is 5.95. The second-order valence-corrected chi connectivity index (χ2v) is 1.96. The molecule has 0 saturated heterocycles. The van der Waals surface area contributed by atoms with E-state index in [4.69, 9.17) is 21.4 Å². The van der Waals surface area contributed by atoms with Gasteiger partial charge in [-0.05, 0) is 0 Å². The first kappa shape index (κ1) is 9.44. The summed E-state index contributed by atoms with van der Waals surface area (Å²) in [5, 5.41) is 17.3. The van der Waals surface area contributed by atoms with Gasteiger partial charge in [0.2, 0.25) is 0 Å². The maximum absolute atomic E-state index is 8.86. The summed E-state index contributed by atoms with van der Waals surface area (Å²) in [5.41, 5.74) is 0. The van der Waals surface area contributed by atoms with Gasteiger partial charge in [-0.15, -0.1) is 6.42 Å². The average Bonchev–Trinajstić information content (AvgIpc) is 1.99. The lowest BCUT2D eigenvalue weighted by Gasteiger charge is -2.11. The molecule has 10 heavy (non-hydrogen) atoms. The van der Waals surface area contributed by atoms with Crippen LogP contribution in [0.4, 0.5) is 0 Å². The van der Waals surface area contributed by atoms with Gasteiger partial charge in [0.1, 0.15) is 6.10 Å². The van der Waals surface area contributed by atoms with E-state index in [1.54, 1.807) is 0 Å². The molecule has 3 heteroatoms. The number of ether oxygens (including phenoxy) is 1. The molecule has 2 N–H and O–H groups in total. The van der Waals surface area contributed by atoms with E-state index in [0.717, 1.165) is 0 Å². The Kier molecular flexibility index (Phi) is 4.95. The zero-order valence-corrected chi connectivity index (χ0v) is 5.95. The van der Waals surface area contributed by atoms with Crippen LogP contribution < -0.4 is 0 Å². The molecule has 0 aliphatic carbocycles. The fraction of sp³-hybridized carbons (Fsp3) is 0.714. The molecule has 0 rings (SSSR count). The summed E-state index contributed by atoms with van der Waals surface area (Å²) in [4.78, 5) is 0. The van der Waals surface area contributed by atoms with Gasteiger partial charge in [-0.2, -0.15) is 0 Å². The Morgan fingerprint density at radius 1 is 1.70 bits per heavy atom. The number of hydrogen-bond acceptors (Lipinski definition) is 3. The van der Waals surface area contributed by atoms with Gasteiger partial charge in [0, 0.05) is 13.5 Å². The molecule has 0 bridgehead atoms. The lowest BCUT2D eigenvalue weighted by Crippen LogP contribution is -2.20. The molecule has 0 radical (unpaired) electrons. The molecule has 3 nitrogen and oxygen atoms in total. The third-order valence-electron chi connectivity index (χ3n) is 1.17. The summed E-state index contributed by atoms with van der Waals surface area (Å²) in [6, 6.07) is 0. The minimum Gasteiger partial charge on any atom is -0.394 e. The highest BCUT2D eigenvalue weighted by Gasteiger charge is 2.09. The summed E-state index contributed by atoms with van der Waals surface area (Å²) < 4.78 is 4.76. The summed E-state index contributed by atoms with van der Waals surface area (Å²) in [7, 11) is 1.47. The van der Waals surface area contributed by atoms with Crippen molar-refractivity contribution >= 4 is 0 Å². The molecule has 0 amide bonds. The molecule has 0 aliphatic heterocycles. The van der Waals surface area contributed by atoms with Crippen LogP contribution in [0, 0.1) is 12.3 Å². The monoisotopic (exact) mass is 144 g/mol. The molecule has 1 unspecified atom stereocenters. The number of aliphatic hydroxyl groups excluding tert-OH is 2. The van der Waals surface area contributed by atoms with Crippen molar-refractivity contribution in [3.8, 4) is 12.3 Å². The van der Waals surface area contributed by atoms with Gasteiger partial charge in [-0.3, -0.25) is 0 Å². The van der Waals surface area contributed by atoms with Gasteiger partial charge >= 0.3 is 0 Å². The molecular formula is C7H12O3. The van der Waals surface area contributed by atoms with Crippen LogP contribution in [0.25, 0.3) is 0 Å². The predicted octanol–water partition coefficient (Wildman–Crippen LogP) is -0.622. The molecule has 0 saturated carbocycles. The predicted molar refractivity (Wildman–Crippen MR) is 37.3 cm³/mol. The van der Waals surface area contributed by atoms with Crippen molar-refractivity contribution in [1.82, 2.24) is 0 Å². The third-order valence-corrected chi connectivity index (χ3v) is 1.17. The first-order valence-electron chi connectivity index (χ1n) is 3.02. The smallest absolute Gasteiger partial charge is 0.120 e. The maximum Gasteiger partial charge on any atom is 0.120 e. The van der Waals surface area contributed by atoms with E-state index >= 15 is 0 Å². The van der Waals surface area contributed by atoms with Crippen molar-refractivity contribution in [2.75, 3.05) is 13.7 Å². The van der Waals surface area contributed by atoms with E-state index < -0.39 is 12.2 Å². The summed E-state index contributed by atoms with van der Waals surface area (Å²) in [6.45, 7) is -0.276. The van der Waals surface area contributed by atoms with Gasteiger partial charge in [0.25, 0.3) is 0 Å². The van der Waals surface area contributed by atoms with Crippen LogP contribution in [0.1, 0.15) is 6.42 Å². The SMILES string of the molecule is C#CC(C[C@H](O)CO)OC. The van der Waals surface area contributed by atoms with E-state index in [2.05, 4.69) is 5.92 Å². The summed E-state index contributed by atoms with van der Waals surface area (Å²) in [5.74, 6) is 2.32. The number of terminal acetylenes is 1. The van der Waals surface area contributed by atoms with Crippen LogP contribution in [-0.2, 0) is 4.74 Å². The highest BCUT2D eigenvalue weighted by atomic mass is 16.5. The normalized spacial score (nSPS) is 15.8. The quantitative estimate of drug-likeness (QED) is 0.517. The molecule has 0 spiro atoms. The molecule has 0 fully saturated rings. The number of hydrogen-bond donors (Lipinski definition) is 2. The van der Waals surface area contributed by atoms with Crippen molar-refractivity contribution in [1.29, 1.82) is 0 Å². The minimum absolute atomic E-state index is 0.276. The molecule has 0 aromatic heterocycles. The van der Waals surface area contributed by atoms with Crippen LogP contribution in [-0.4, -0.2) is 36.1 Å². The van der Waals surface area contributed by atoms with Crippen molar-refractivity contribution in [2.45, 2.75) is 18.6 Å². The third kappa shape index (κ3) is 3.46. The molecular weight excluding hydrogens is 132 g/mol. The Morgan fingerprint density at radius 2 is 2.30 bits per heavy atom. The maximum atomic E-state index is 8.86. The van der Waals surface area contributed by atoms with Crippen LogP contribution in [0.15, 0.2) is 0 Å². The first-order chi connectivity index (χ1) is 4.74. The van der Waals surface area contributed by atoms with Gasteiger partial charge in [0.05, 0.1) is 12.7 Å². The van der Waals surface area contributed by atoms with E-state index in [0.29, 0.717) is 0 Å². The van der Waals surface area contributed by atoms with Gasteiger partial charge in [-0.25, -0.2) is 0 Å². The summed E-state index contributed by atoms with van der Waals surface area (Å²) in [6.07, 6.45) is 4.12. The Bertz CT molecular complexity index is 117. The molecule has 0 heterocycles. The van der Waals surface area contributed by atoms with Crippen LogP contribution in [0.3, 0.4) is 0 Å². The lowest BCUT2D eigenvalue weighted by molar-refractivity contribution is 0.0421. The minimum atomic E-state index is -0.777. The van der Waals surface area contributed by atoms with Crippen molar-refractivity contribution < 1.29 is 14.9 Å². The highest BCUT2D eigenvalue weighted by Crippen LogP contribution is 1.99. The van der Waals surface area contributed by atoms with Gasteiger partial charge in [0.15, 0.2) is 0 Å². The van der Waals surface area contributed by atoms with Crippen molar-refractivity contribution in [3.05, 3.63) is 0 Å². The van der Waals surface area contributed by atoms with Crippen LogP contribution in [0.2, 0.25) is 0 Å². The first-order valence-corrected chi connectivity index (χ1v) is 3.02. The highest BCUT2D eigenvalue weighted by molar-refractivity contribution is 4.95. The second-order valence-electron chi connectivity index (χ2n) is 1.96. The van der Waals surface area contributed by atoms with E-state index in [9.17, 15) is 0 Å². The molecule has 0 aliphatic rings.